The fourth-order valence-electron chi connectivity index (χ4n) is 3.58. The number of carbonyl (C=O) groups excluding carboxylic acids is 2. The molecule has 0 saturated heterocycles. The average Bonchev–Trinajstić information content (AvgIpc) is 3.27. The smallest absolute Gasteiger partial charge is 0.378 e. The zero-order valence-corrected chi connectivity index (χ0v) is 19.1. The molecule has 0 saturated carbocycles. The van der Waals surface area contributed by atoms with Crippen molar-refractivity contribution in [2.75, 3.05) is 6.61 Å². The highest BCUT2D eigenvalue weighted by Crippen LogP contribution is 2.23. The molecule has 0 radical (unpaired) electrons. The van der Waals surface area contributed by atoms with E-state index in [0.717, 1.165) is 32.9 Å². The normalized spacial score (nSPS) is 11.1. The maximum absolute atomic E-state index is 12.8. The number of aromatic nitrogens is 5. The lowest BCUT2D eigenvalue weighted by Gasteiger charge is -2.10. The summed E-state index contributed by atoms with van der Waals surface area (Å²) in [5.41, 5.74) is 4.69. The summed E-state index contributed by atoms with van der Waals surface area (Å²) in [4.78, 5) is 33.6. The van der Waals surface area contributed by atoms with E-state index in [1.54, 1.807) is 6.07 Å². The van der Waals surface area contributed by atoms with Gasteiger partial charge in [-0.2, -0.15) is 4.98 Å². The molecule has 4 rings (SSSR count). The second kappa shape index (κ2) is 8.07. The Labute approximate surface area is 187 Å². The van der Waals surface area contributed by atoms with Gasteiger partial charge in [0.2, 0.25) is 5.78 Å². The van der Waals surface area contributed by atoms with Crippen LogP contribution in [-0.4, -0.2) is 42.5 Å². The lowest BCUT2D eigenvalue weighted by Crippen LogP contribution is -2.16. The summed E-state index contributed by atoms with van der Waals surface area (Å²) in [5, 5.41) is 4.14. The first kappa shape index (κ1) is 20.9. The Hall–Kier alpha value is -3.33. The number of rotatable bonds is 5. The summed E-state index contributed by atoms with van der Waals surface area (Å²) in [5.74, 6) is -0.879. The van der Waals surface area contributed by atoms with Gasteiger partial charge in [0, 0.05) is 38.5 Å². The lowest BCUT2D eigenvalue weighted by atomic mass is 10.1. The second-order valence-electron chi connectivity index (χ2n) is 7.29. The summed E-state index contributed by atoms with van der Waals surface area (Å²) in [6.45, 7) is 7.07. The predicted molar refractivity (Wildman–Crippen MR) is 118 cm³/mol. The number of fused-ring (bicyclic) bond motifs is 1. The van der Waals surface area contributed by atoms with Gasteiger partial charge in [0.25, 0.3) is 11.6 Å². The van der Waals surface area contributed by atoms with E-state index in [2.05, 4.69) is 31.0 Å². The zero-order valence-electron chi connectivity index (χ0n) is 17.5. The number of esters is 1. The first-order valence-electron chi connectivity index (χ1n) is 9.61. The first-order chi connectivity index (χ1) is 14.7. The number of aryl methyl sites for hydroxylation is 3. The fourth-order valence-corrected chi connectivity index (χ4v) is 3.97. The molecule has 0 atom stereocenters. The molecule has 3 aromatic heterocycles. The van der Waals surface area contributed by atoms with Crippen molar-refractivity contribution in [1.82, 2.24) is 24.1 Å². The molecule has 0 N–H and O–H groups in total. The van der Waals surface area contributed by atoms with Crippen LogP contribution < -0.4 is 0 Å². The molecule has 0 bridgehead atoms. The maximum Gasteiger partial charge on any atom is 0.378 e. The maximum atomic E-state index is 12.8. The Morgan fingerprint density at radius 2 is 1.81 bits per heavy atom. The molecule has 0 fully saturated rings. The second-order valence-corrected chi connectivity index (χ2v) is 8.20. The largest absolute Gasteiger partial charge is 0.451 e. The minimum atomic E-state index is -0.767. The molecule has 0 aliphatic carbocycles. The number of hydrogen-bond donors (Lipinski definition) is 0. The number of ether oxygens (including phenoxy) is 1. The van der Waals surface area contributed by atoms with Crippen molar-refractivity contribution >= 4 is 33.5 Å². The summed E-state index contributed by atoms with van der Waals surface area (Å²) in [6.07, 6.45) is 0. The lowest BCUT2D eigenvalue weighted by molar-refractivity contribution is 0.0462. The third kappa shape index (κ3) is 4.00. The number of benzene rings is 1. The van der Waals surface area contributed by atoms with E-state index in [4.69, 9.17) is 4.74 Å². The van der Waals surface area contributed by atoms with Crippen LogP contribution in [0.1, 0.15) is 43.8 Å². The third-order valence-corrected chi connectivity index (χ3v) is 5.43. The van der Waals surface area contributed by atoms with E-state index in [0.29, 0.717) is 11.3 Å². The molecule has 8 nitrogen and oxygen atoms in total. The molecular weight excluding hydrogens is 462 g/mol. The molecular formula is C22H20BrN5O3. The standard InChI is InChI=1S/C22H20BrN5O3/c1-12-8-14(3)28-22(24-12)25-20(26-28)21(30)31-11-19(29)18-9-13(2)27(15(18)4)17-7-5-6-16(23)10-17/h5-10H,11H2,1-4H3. The van der Waals surface area contributed by atoms with Crippen LogP contribution in [0.2, 0.25) is 0 Å². The van der Waals surface area contributed by atoms with Crippen LogP contribution in [0.25, 0.3) is 11.5 Å². The highest BCUT2D eigenvalue weighted by atomic mass is 79.9. The van der Waals surface area contributed by atoms with Crippen LogP contribution in [0.5, 0.6) is 0 Å². The monoisotopic (exact) mass is 481 g/mol. The molecule has 0 unspecified atom stereocenters. The predicted octanol–water partition coefficient (Wildman–Crippen LogP) is 3.95. The molecule has 1 aromatic carbocycles. The van der Waals surface area contributed by atoms with E-state index in [-0.39, 0.29) is 11.6 Å². The van der Waals surface area contributed by atoms with Crippen molar-refractivity contribution in [1.29, 1.82) is 0 Å². The Morgan fingerprint density at radius 3 is 2.55 bits per heavy atom. The molecule has 0 aliphatic rings. The van der Waals surface area contributed by atoms with Crippen molar-refractivity contribution < 1.29 is 14.3 Å². The summed E-state index contributed by atoms with van der Waals surface area (Å²) < 4.78 is 9.60. The van der Waals surface area contributed by atoms with Crippen LogP contribution in [0.15, 0.2) is 40.9 Å². The number of hydrogen-bond acceptors (Lipinski definition) is 6. The van der Waals surface area contributed by atoms with E-state index in [9.17, 15) is 9.59 Å². The molecule has 158 valence electrons. The molecule has 3 heterocycles. The van der Waals surface area contributed by atoms with E-state index in [1.165, 1.54) is 4.52 Å². The third-order valence-electron chi connectivity index (χ3n) is 4.93. The quantitative estimate of drug-likeness (QED) is 0.316. The number of halogens is 1. The first-order valence-corrected chi connectivity index (χ1v) is 10.4. The molecule has 0 spiro atoms. The zero-order chi connectivity index (χ0) is 22.3. The minimum absolute atomic E-state index is 0.131. The fraction of sp³-hybridized carbons (Fsp3) is 0.227. The van der Waals surface area contributed by atoms with E-state index < -0.39 is 12.6 Å². The van der Waals surface area contributed by atoms with E-state index in [1.807, 2.05) is 62.6 Å². The van der Waals surface area contributed by atoms with Crippen molar-refractivity contribution in [2.24, 2.45) is 0 Å². The van der Waals surface area contributed by atoms with Gasteiger partial charge in [-0.15, -0.1) is 5.10 Å². The number of carbonyl (C=O) groups is 2. The molecule has 9 heteroatoms. The van der Waals surface area contributed by atoms with Gasteiger partial charge in [-0.1, -0.05) is 22.0 Å². The van der Waals surface area contributed by atoms with Crippen molar-refractivity contribution in [3.63, 3.8) is 0 Å². The minimum Gasteiger partial charge on any atom is -0.451 e. The number of ketones is 1. The van der Waals surface area contributed by atoms with Gasteiger partial charge in [0.05, 0.1) is 0 Å². The Morgan fingerprint density at radius 1 is 1.03 bits per heavy atom. The van der Waals surface area contributed by atoms with Crippen molar-refractivity contribution in [3.05, 3.63) is 75.0 Å². The molecule has 31 heavy (non-hydrogen) atoms. The van der Waals surface area contributed by atoms with Gasteiger partial charge < -0.3 is 9.30 Å². The van der Waals surface area contributed by atoms with Crippen LogP contribution in [0.4, 0.5) is 0 Å². The highest BCUT2D eigenvalue weighted by molar-refractivity contribution is 9.10. The Bertz CT molecular complexity index is 1340. The summed E-state index contributed by atoms with van der Waals surface area (Å²) in [7, 11) is 0. The molecule has 0 aliphatic heterocycles. The Balaban J connectivity index is 1.52. The number of nitrogens with zero attached hydrogens (tertiary/aromatic N) is 5. The summed E-state index contributed by atoms with van der Waals surface area (Å²) >= 11 is 3.47. The topological polar surface area (TPSA) is 91.4 Å². The van der Waals surface area contributed by atoms with Crippen LogP contribution in [0, 0.1) is 27.7 Å². The number of Topliss-reactive ketones (excluding diaryl/α,β-unsaturated/α-hetero) is 1. The van der Waals surface area contributed by atoms with Crippen LogP contribution >= 0.6 is 15.9 Å². The average molecular weight is 482 g/mol. The van der Waals surface area contributed by atoms with Gasteiger partial charge in [-0.05, 0) is 58.0 Å². The van der Waals surface area contributed by atoms with Gasteiger partial charge in [0.15, 0.2) is 6.61 Å². The van der Waals surface area contributed by atoms with Gasteiger partial charge in [0.1, 0.15) is 0 Å². The van der Waals surface area contributed by atoms with Gasteiger partial charge in [-0.25, -0.2) is 14.3 Å². The van der Waals surface area contributed by atoms with Crippen molar-refractivity contribution in [2.45, 2.75) is 27.7 Å². The Kier molecular flexibility index (Phi) is 5.45. The molecule has 4 aromatic rings. The molecule has 0 amide bonds. The van der Waals surface area contributed by atoms with E-state index >= 15 is 0 Å². The van der Waals surface area contributed by atoms with Crippen LogP contribution in [-0.2, 0) is 4.74 Å². The SMILES string of the molecule is Cc1cc(C)n2nc(C(=O)OCC(=O)c3cc(C)n(-c4cccc(Br)c4)c3C)nc2n1. The van der Waals surface area contributed by atoms with Crippen molar-refractivity contribution in [3.8, 4) is 5.69 Å². The van der Waals surface area contributed by atoms with Crippen LogP contribution in [0.3, 0.4) is 0 Å². The van der Waals surface area contributed by atoms with Gasteiger partial charge in [-0.3, -0.25) is 4.79 Å². The highest BCUT2D eigenvalue weighted by Gasteiger charge is 2.21. The van der Waals surface area contributed by atoms with Gasteiger partial charge >= 0.3 is 5.97 Å². The summed E-state index contributed by atoms with van der Waals surface area (Å²) in [6, 6.07) is 11.4.